The third-order valence-electron chi connectivity index (χ3n) is 3.00. The van der Waals surface area contributed by atoms with E-state index in [-0.39, 0.29) is 12.0 Å². The molecule has 1 heterocycles. The highest BCUT2D eigenvalue weighted by Gasteiger charge is 2.31. The molecule has 0 aromatic carbocycles. The van der Waals surface area contributed by atoms with Crippen LogP contribution in [0.5, 0.6) is 0 Å². The molecule has 0 saturated heterocycles. The van der Waals surface area contributed by atoms with Crippen LogP contribution in [0.1, 0.15) is 24.5 Å². The van der Waals surface area contributed by atoms with Gasteiger partial charge < -0.3 is 14.6 Å². The van der Waals surface area contributed by atoms with E-state index in [1.165, 1.54) is 0 Å². The van der Waals surface area contributed by atoms with Crippen molar-refractivity contribution in [2.75, 3.05) is 14.1 Å². The lowest BCUT2D eigenvalue weighted by molar-refractivity contribution is -0.129. The Bertz CT molecular complexity index is 380. The summed E-state index contributed by atoms with van der Waals surface area (Å²) in [5.74, 6) is 0.489. The number of nitrogens with zero attached hydrogens (tertiary/aromatic N) is 2. The van der Waals surface area contributed by atoms with Gasteiger partial charge in [-0.3, -0.25) is 4.79 Å². The second-order valence-electron chi connectivity index (χ2n) is 4.69. The zero-order valence-electron chi connectivity index (χ0n) is 9.76. The number of rotatable bonds is 4. The van der Waals surface area contributed by atoms with Crippen molar-refractivity contribution < 1.29 is 9.90 Å². The Hall–Kier alpha value is -1.29. The van der Waals surface area contributed by atoms with Crippen LogP contribution in [-0.2, 0) is 11.3 Å². The summed E-state index contributed by atoms with van der Waals surface area (Å²) in [5, 5.41) is 9.91. The van der Waals surface area contributed by atoms with Gasteiger partial charge in [0.2, 0.25) is 5.91 Å². The first-order valence-corrected chi connectivity index (χ1v) is 5.62. The van der Waals surface area contributed by atoms with Crippen LogP contribution in [0.25, 0.3) is 0 Å². The maximum atomic E-state index is 11.5. The fraction of sp³-hybridized carbons (Fsp3) is 0.583. The van der Waals surface area contributed by atoms with Gasteiger partial charge in [-0.1, -0.05) is 0 Å². The van der Waals surface area contributed by atoms with E-state index < -0.39 is 0 Å². The Balaban J connectivity index is 1.99. The smallest absolute Gasteiger partial charge is 0.241 e. The number of aromatic nitrogens is 1. The van der Waals surface area contributed by atoms with Crippen LogP contribution < -0.4 is 0 Å². The fourth-order valence-electron chi connectivity index (χ4n) is 1.71. The molecule has 1 unspecified atom stereocenters. The van der Waals surface area contributed by atoms with E-state index in [1.54, 1.807) is 19.0 Å². The highest BCUT2D eigenvalue weighted by atomic mass is 16.3. The molecule has 0 radical (unpaired) electrons. The van der Waals surface area contributed by atoms with Gasteiger partial charge in [0.1, 0.15) is 6.54 Å². The molecule has 0 bridgehead atoms. The molecule has 1 N–H and O–H groups in total. The first kappa shape index (κ1) is 11.2. The van der Waals surface area contributed by atoms with Crippen molar-refractivity contribution in [2.45, 2.75) is 25.5 Å². The first-order valence-electron chi connectivity index (χ1n) is 5.62. The van der Waals surface area contributed by atoms with E-state index >= 15 is 0 Å². The van der Waals surface area contributed by atoms with Crippen LogP contribution in [0.3, 0.4) is 0 Å². The molecule has 4 heteroatoms. The highest BCUT2D eigenvalue weighted by molar-refractivity contribution is 5.75. The van der Waals surface area contributed by atoms with Gasteiger partial charge in [-0.25, -0.2) is 0 Å². The Morgan fingerprint density at radius 1 is 1.62 bits per heavy atom. The van der Waals surface area contributed by atoms with Crippen molar-refractivity contribution in [1.29, 1.82) is 0 Å². The van der Waals surface area contributed by atoms with Gasteiger partial charge in [0, 0.05) is 26.5 Å². The van der Waals surface area contributed by atoms with Gasteiger partial charge in [0.05, 0.1) is 6.10 Å². The van der Waals surface area contributed by atoms with E-state index in [0.717, 1.165) is 18.4 Å². The third-order valence-corrected chi connectivity index (χ3v) is 3.00. The first-order chi connectivity index (χ1) is 7.58. The molecule has 88 valence electrons. The summed E-state index contributed by atoms with van der Waals surface area (Å²) in [6.07, 6.45) is 5.59. The molecule has 1 fully saturated rings. The van der Waals surface area contributed by atoms with Crippen molar-refractivity contribution in [3.05, 3.63) is 24.0 Å². The van der Waals surface area contributed by atoms with E-state index in [9.17, 15) is 9.90 Å². The van der Waals surface area contributed by atoms with Gasteiger partial charge >= 0.3 is 0 Å². The predicted molar refractivity (Wildman–Crippen MR) is 60.8 cm³/mol. The molecule has 1 aliphatic carbocycles. The lowest BCUT2D eigenvalue weighted by Crippen LogP contribution is -2.25. The van der Waals surface area contributed by atoms with Crippen LogP contribution in [0.2, 0.25) is 0 Å². The van der Waals surface area contributed by atoms with Crippen LogP contribution in [0, 0.1) is 5.92 Å². The zero-order valence-corrected chi connectivity index (χ0v) is 9.76. The standard InChI is InChI=1S/C12H18N2O2/c1-13(2)11(15)8-14-6-5-10(7-14)12(16)9-3-4-9/h5-7,9,12,16H,3-4,8H2,1-2H3. The maximum absolute atomic E-state index is 11.5. The van der Waals surface area contributed by atoms with E-state index in [0.29, 0.717) is 12.5 Å². The summed E-state index contributed by atoms with van der Waals surface area (Å²) < 4.78 is 1.82. The molecule has 1 amide bonds. The minimum atomic E-state index is -0.351. The quantitative estimate of drug-likeness (QED) is 0.826. The summed E-state index contributed by atoms with van der Waals surface area (Å²) in [5.41, 5.74) is 0.925. The molecule has 1 aromatic rings. The second-order valence-corrected chi connectivity index (χ2v) is 4.69. The van der Waals surface area contributed by atoms with Gasteiger partial charge in [-0.05, 0) is 30.4 Å². The molecule has 1 aromatic heterocycles. The predicted octanol–water partition coefficient (Wildman–Crippen LogP) is 1.02. The highest BCUT2D eigenvalue weighted by Crippen LogP contribution is 2.40. The molecule has 1 saturated carbocycles. The number of aliphatic hydroxyl groups excluding tert-OH is 1. The van der Waals surface area contributed by atoms with Gasteiger partial charge in [-0.15, -0.1) is 0 Å². The van der Waals surface area contributed by atoms with Crippen molar-refractivity contribution in [2.24, 2.45) is 5.92 Å². The number of aliphatic hydroxyl groups is 1. The van der Waals surface area contributed by atoms with E-state index in [1.807, 2.05) is 23.0 Å². The normalized spacial score (nSPS) is 17.2. The van der Waals surface area contributed by atoms with Gasteiger partial charge in [0.25, 0.3) is 0 Å². The maximum Gasteiger partial charge on any atom is 0.241 e. The lowest BCUT2D eigenvalue weighted by atomic mass is 10.1. The minimum absolute atomic E-state index is 0.0584. The van der Waals surface area contributed by atoms with Crippen molar-refractivity contribution in [3.63, 3.8) is 0 Å². The molecule has 1 aliphatic rings. The molecular formula is C12H18N2O2. The van der Waals surface area contributed by atoms with Crippen molar-refractivity contribution >= 4 is 5.91 Å². The van der Waals surface area contributed by atoms with Crippen LogP contribution in [-0.4, -0.2) is 34.6 Å². The largest absolute Gasteiger partial charge is 0.388 e. The van der Waals surface area contributed by atoms with Gasteiger partial charge in [0.15, 0.2) is 0 Å². The van der Waals surface area contributed by atoms with Gasteiger partial charge in [-0.2, -0.15) is 0 Å². The molecule has 0 aliphatic heterocycles. The molecule has 16 heavy (non-hydrogen) atoms. The summed E-state index contributed by atoms with van der Waals surface area (Å²) in [4.78, 5) is 13.0. The second kappa shape index (κ2) is 4.29. The Labute approximate surface area is 95.5 Å². The topological polar surface area (TPSA) is 45.5 Å². The minimum Gasteiger partial charge on any atom is -0.388 e. The SMILES string of the molecule is CN(C)C(=O)Cn1ccc(C(O)C2CC2)c1. The van der Waals surface area contributed by atoms with E-state index in [4.69, 9.17) is 0 Å². The number of carbonyl (C=O) groups is 1. The third kappa shape index (κ3) is 2.44. The molecule has 0 spiro atoms. The van der Waals surface area contributed by atoms with E-state index in [2.05, 4.69) is 0 Å². The number of carbonyl (C=O) groups excluding carboxylic acids is 1. The summed E-state index contributed by atoms with van der Waals surface area (Å²) in [6, 6.07) is 1.89. The molecule has 4 nitrogen and oxygen atoms in total. The number of hydrogen-bond donors (Lipinski definition) is 1. The average molecular weight is 222 g/mol. The number of amides is 1. The van der Waals surface area contributed by atoms with Crippen LogP contribution >= 0.6 is 0 Å². The Morgan fingerprint density at radius 2 is 2.31 bits per heavy atom. The Morgan fingerprint density at radius 3 is 2.88 bits per heavy atom. The summed E-state index contributed by atoms with van der Waals surface area (Å²) in [7, 11) is 3.48. The monoisotopic (exact) mass is 222 g/mol. The average Bonchev–Trinajstić information content (AvgIpc) is 2.98. The van der Waals surface area contributed by atoms with Crippen LogP contribution in [0.15, 0.2) is 18.5 Å². The Kier molecular flexibility index (Phi) is 3.01. The fourth-order valence-corrected chi connectivity index (χ4v) is 1.71. The molecular weight excluding hydrogens is 204 g/mol. The van der Waals surface area contributed by atoms with Crippen LogP contribution in [0.4, 0.5) is 0 Å². The number of likely N-dealkylation sites (N-methyl/N-ethyl adjacent to an activating group) is 1. The summed E-state index contributed by atoms with van der Waals surface area (Å²) >= 11 is 0. The van der Waals surface area contributed by atoms with Crippen molar-refractivity contribution in [1.82, 2.24) is 9.47 Å². The molecule has 1 atom stereocenters. The zero-order chi connectivity index (χ0) is 11.7. The molecule has 2 rings (SSSR count). The van der Waals surface area contributed by atoms with Crippen molar-refractivity contribution in [3.8, 4) is 0 Å². The summed E-state index contributed by atoms with van der Waals surface area (Å²) in [6.45, 7) is 0.338. The number of hydrogen-bond acceptors (Lipinski definition) is 2. The lowest BCUT2D eigenvalue weighted by Gasteiger charge is -2.10.